The Morgan fingerprint density at radius 1 is 1.29 bits per heavy atom. The van der Waals surface area contributed by atoms with Gasteiger partial charge in [-0.1, -0.05) is 0 Å². The Morgan fingerprint density at radius 3 is 2.65 bits per heavy atom. The highest BCUT2D eigenvalue weighted by Crippen LogP contribution is 2.45. The summed E-state index contributed by atoms with van der Waals surface area (Å²) in [6.07, 6.45) is 5.35. The molecule has 0 unspecified atom stereocenters. The van der Waals surface area contributed by atoms with E-state index in [1.807, 2.05) is 30.9 Å². The van der Waals surface area contributed by atoms with Crippen LogP contribution in [0.5, 0.6) is 0 Å². The first-order chi connectivity index (χ1) is 14.9. The summed E-state index contributed by atoms with van der Waals surface area (Å²) in [6.45, 7) is 5.57. The van der Waals surface area contributed by atoms with Crippen LogP contribution in [0, 0.1) is 31.6 Å². The average molecular weight is 428 g/mol. The molecular weight excluding hydrogens is 400 g/mol. The summed E-state index contributed by atoms with van der Waals surface area (Å²) in [6, 6.07) is 3.80. The summed E-state index contributed by atoms with van der Waals surface area (Å²) < 4.78 is 1.66. The second-order valence-electron chi connectivity index (χ2n) is 7.94. The fraction of sp³-hybridized carbons (Fsp3) is 0.524. The number of aryl methyl sites for hydroxylation is 2. The van der Waals surface area contributed by atoms with Crippen molar-refractivity contribution in [1.82, 2.24) is 30.0 Å². The highest BCUT2D eigenvalue weighted by molar-refractivity contribution is 5.80. The van der Waals surface area contributed by atoms with Crippen LogP contribution in [-0.2, 0) is 27.5 Å². The van der Waals surface area contributed by atoms with Crippen molar-refractivity contribution >= 4 is 18.3 Å². The zero-order valence-electron chi connectivity index (χ0n) is 17.8. The van der Waals surface area contributed by atoms with Gasteiger partial charge in [0.05, 0.1) is 0 Å². The number of pyridine rings is 1. The predicted octanol–water partition coefficient (Wildman–Crippen LogP) is 0.792. The Balaban J connectivity index is 0.000000858. The predicted molar refractivity (Wildman–Crippen MR) is 111 cm³/mol. The molecule has 0 aromatic carbocycles. The van der Waals surface area contributed by atoms with E-state index in [1.165, 1.54) is 0 Å². The molecule has 10 heteroatoms. The number of nitrogens with one attached hydrogen (secondary N) is 1. The zero-order valence-corrected chi connectivity index (χ0v) is 17.8. The van der Waals surface area contributed by atoms with Crippen molar-refractivity contribution < 1.29 is 19.5 Å². The van der Waals surface area contributed by atoms with Gasteiger partial charge in [0.15, 0.2) is 0 Å². The number of carboxylic acid groups (broad SMARTS) is 1. The summed E-state index contributed by atoms with van der Waals surface area (Å²) in [7, 11) is 0. The lowest BCUT2D eigenvalue weighted by Gasteiger charge is -2.50. The van der Waals surface area contributed by atoms with E-state index in [0.717, 1.165) is 30.8 Å². The maximum Gasteiger partial charge on any atom is 0.290 e. The van der Waals surface area contributed by atoms with E-state index in [-0.39, 0.29) is 36.7 Å². The number of carbonyl (C=O) groups is 3. The van der Waals surface area contributed by atoms with Crippen LogP contribution in [0.1, 0.15) is 30.1 Å². The Morgan fingerprint density at radius 2 is 2.00 bits per heavy atom. The first-order valence-electron chi connectivity index (χ1n) is 10.3. The van der Waals surface area contributed by atoms with E-state index in [9.17, 15) is 9.59 Å². The summed E-state index contributed by atoms with van der Waals surface area (Å²) in [5, 5.41) is 14.2. The first-order valence-corrected chi connectivity index (χ1v) is 10.3. The molecule has 2 aromatic heterocycles. The molecule has 3 heterocycles. The molecule has 2 fully saturated rings. The number of aromatic nitrogens is 4. The fourth-order valence-corrected chi connectivity index (χ4v) is 4.37. The van der Waals surface area contributed by atoms with Crippen molar-refractivity contribution in [1.29, 1.82) is 0 Å². The molecule has 0 spiro atoms. The summed E-state index contributed by atoms with van der Waals surface area (Å²) in [5.74, 6) is 2.37. The van der Waals surface area contributed by atoms with E-state index in [2.05, 4.69) is 20.4 Å². The van der Waals surface area contributed by atoms with Gasteiger partial charge in [0.2, 0.25) is 11.8 Å². The molecule has 2 amide bonds. The molecule has 3 atom stereocenters. The third kappa shape index (κ3) is 5.44. The minimum absolute atomic E-state index is 0.00205. The van der Waals surface area contributed by atoms with Crippen LogP contribution in [0.4, 0.5) is 0 Å². The topological polar surface area (TPSA) is 130 Å². The molecule has 31 heavy (non-hydrogen) atoms. The van der Waals surface area contributed by atoms with Crippen molar-refractivity contribution in [2.45, 2.75) is 39.8 Å². The molecule has 1 aliphatic heterocycles. The molecule has 2 N–H and O–H groups in total. The SMILES string of the molecule is Cc1nc(C)n(CC(=O)N2CC[C@@H]3C[C@@H](C(=O)NCc4ccncc4)[C@@H]3C2)n1.O=CO. The summed E-state index contributed by atoms with van der Waals surface area (Å²) in [5.41, 5.74) is 1.04. The molecule has 2 aliphatic rings. The lowest BCUT2D eigenvalue weighted by Crippen LogP contribution is -2.56. The van der Waals surface area contributed by atoms with Gasteiger partial charge in [-0.05, 0) is 56.2 Å². The Bertz CT molecular complexity index is 916. The Kier molecular flexibility index (Phi) is 7.32. The normalized spacial score (nSPS) is 21.7. The van der Waals surface area contributed by atoms with Crippen LogP contribution in [0.15, 0.2) is 24.5 Å². The number of hydrogen-bond acceptors (Lipinski definition) is 6. The maximum absolute atomic E-state index is 12.7. The number of hydrogen-bond donors (Lipinski definition) is 2. The number of piperidine rings is 1. The average Bonchev–Trinajstić information content (AvgIpc) is 3.05. The molecular formula is C21H28N6O4. The summed E-state index contributed by atoms with van der Waals surface area (Å²) in [4.78, 5) is 43.8. The van der Waals surface area contributed by atoms with Gasteiger partial charge >= 0.3 is 0 Å². The number of likely N-dealkylation sites (tertiary alicyclic amines) is 1. The van der Waals surface area contributed by atoms with E-state index >= 15 is 0 Å². The van der Waals surface area contributed by atoms with Gasteiger partial charge in [-0.2, -0.15) is 5.10 Å². The molecule has 1 saturated heterocycles. The number of amides is 2. The minimum atomic E-state index is -0.250. The maximum atomic E-state index is 12.7. The Labute approximate surface area is 180 Å². The number of fused-ring (bicyclic) bond motifs is 1. The van der Waals surface area contributed by atoms with Crippen LogP contribution in [0.3, 0.4) is 0 Å². The molecule has 0 radical (unpaired) electrons. The van der Waals surface area contributed by atoms with Crippen molar-refractivity contribution in [3.8, 4) is 0 Å². The van der Waals surface area contributed by atoms with E-state index in [0.29, 0.717) is 24.8 Å². The summed E-state index contributed by atoms with van der Waals surface area (Å²) >= 11 is 0. The number of nitrogens with zero attached hydrogens (tertiary/aromatic N) is 5. The highest BCUT2D eigenvalue weighted by atomic mass is 16.3. The molecule has 2 aromatic rings. The van der Waals surface area contributed by atoms with Gasteiger partial charge in [0, 0.05) is 37.9 Å². The molecule has 10 nitrogen and oxygen atoms in total. The van der Waals surface area contributed by atoms with Crippen LogP contribution >= 0.6 is 0 Å². The van der Waals surface area contributed by atoms with E-state index < -0.39 is 0 Å². The minimum Gasteiger partial charge on any atom is -0.483 e. The van der Waals surface area contributed by atoms with Crippen LogP contribution in [-0.4, -0.2) is 61.1 Å². The van der Waals surface area contributed by atoms with Gasteiger partial charge in [-0.25, -0.2) is 9.67 Å². The molecule has 1 saturated carbocycles. The van der Waals surface area contributed by atoms with Crippen molar-refractivity contribution in [3.63, 3.8) is 0 Å². The smallest absolute Gasteiger partial charge is 0.290 e. The lowest BCUT2D eigenvalue weighted by atomic mass is 9.61. The third-order valence-corrected chi connectivity index (χ3v) is 6.03. The molecule has 166 valence electrons. The largest absolute Gasteiger partial charge is 0.483 e. The molecule has 0 bridgehead atoms. The standard InChI is InChI=1S/C20H26N6O2.CH2O2/c1-13-23-14(2)26(24-13)12-19(27)25-8-5-16-9-17(18(16)11-25)20(28)22-10-15-3-6-21-7-4-15;2-1-3/h3-4,6-7,16-18H,5,8-12H2,1-2H3,(H,22,28);1H,(H,2,3)/t16-,17-,18-;/m1./s1. The zero-order chi connectivity index (χ0) is 22.4. The van der Waals surface area contributed by atoms with Gasteiger partial charge < -0.3 is 15.3 Å². The van der Waals surface area contributed by atoms with Crippen LogP contribution in [0.25, 0.3) is 0 Å². The van der Waals surface area contributed by atoms with Gasteiger partial charge in [-0.15, -0.1) is 0 Å². The third-order valence-electron chi connectivity index (χ3n) is 6.03. The highest BCUT2D eigenvalue weighted by Gasteiger charge is 2.48. The molecule has 1 aliphatic carbocycles. The van der Waals surface area contributed by atoms with Crippen molar-refractivity contribution in [3.05, 3.63) is 41.7 Å². The number of rotatable bonds is 5. The van der Waals surface area contributed by atoms with Crippen LogP contribution < -0.4 is 5.32 Å². The van der Waals surface area contributed by atoms with Crippen molar-refractivity contribution in [2.75, 3.05) is 13.1 Å². The second kappa shape index (κ2) is 10.1. The first kappa shape index (κ1) is 22.4. The van der Waals surface area contributed by atoms with Crippen molar-refractivity contribution in [2.24, 2.45) is 17.8 Å². The van der Waals surface area contributed by atoms with E-state index in [1.54, 1.807) is 17.1 Å². The van der Waals surface area contributed by atoms with Crippen LogP contribution in [0.2, 0.25) is 0 Å². The second-order valence-corrected chi connectivity index (χ2v) is 7.94. The fourth-order valence-electron chi connectivity index (χ4n) is 4.37. The lowest BCUT2D eigenvalue weighted by molar-refractivity contribution is -0.145. The van der Waals surface area contributed by atoms with E-state index in [4.69, 9.17) is 9.90 Å². The Hall–Kier alpha value is -3.30. The quantitative estimate of drug-likeness (QED) is 0.673. The van der Waals surface area contributed by atoms with Gasteiger partial charge in [-0.3, -0.25) is 19.4 Å². The monoisotopic (exact) mass is 428 g/mol. The van der Waals surface area contributed by atoms with Gasteiger partial charge in [0.1, 0.15) is 18.2 Å². The molecule has 4 rings (SSSR count). The van der Waals surface area contributed by atoms with Gasteiger partial charge in [0.25, 0.3) is 6.47 Å². The number of carbonyl (C=O) groups excluding carboxylic acids is 2.